The third kappa shape index (κ3) is 2.34. The number of phenolic OH excluding ortho intramolecular Hbond substituents is 1. The van der Waals surface area contributed by atoms with Gasteiger partial charge in [-0.15, -0.1) is 11.8 Å². The fourth-order valence-corrected chi connectivity index (χ4v) is 3.08. The lowest BCUT2D eigenvalue weighted by Crippen LogP contribution is -2.21. The maximum absolute atomic E-state index is 10.8. The Hall–Kier alpha value is -0.720. The van der Waals surface area contributed by atoms with Crippen LogP contribution in [0.15, 0.2) is 22.7 Å². The van der Waals surface area contributed by atoms with Crippen LogP contribution < -0.4 is 5.32 Å². The minimum absolute atomic E-state index is 0.168. The first-order valence-corrected chi connectivity index (χ1v) is 6.41. The summed E-state index contributed by atoms with van der Waals surface area (Å²) in [5.74, 6) is -0.645. The highest BCUT2D eigenvalue weighted by Crippen LogP contribution is 2.39. The number of carboxylic acids is 1. The van der Waals surface area contributed by atoms with Crippen molar-refractivity contribution >= 4 is 33.7 Å². The molecule has 86 valence electrons. The number of phenols is 1. The Balaban J connectivity index is 2.20. The molecule has 0 amide bonds. The molecule has 0 unspecified atom stereocenters. The maximum atomic E-state index is 10.8. The molecule has 1 saturated heterocycles. The zero-order valence-electron chi connectivity index (χ0n) is 8.18. The molecule has 0 bridgehead atoms. The second kappa shape index (κ2) is 4.65. The largest absolute Gasteiger partial charge is 0.508 e. The summed E-state index contributed by atoms with van der Waals surface area (Å²) in [6.45, 7) is 0.413. The topological polar surface area (TPSA) is 69.6 Å². The van der Waals surface area contributed by atoms with Crippen molar-refractivity contribution < 1.29 is 15.0 Å². The average molecular weight is 304 g/mol. The number of rotatable bonds is 2. The quantitative estimate of drug-likeness (QED) is 0.779. The molecule has 3 N–H and O–H groups in total. The van der Waals surface area contributed by atoms with Crippen molar-refractivity contribution in [3.63, 3.8) is 0 Å². The van der Waals surface area contributed by atoms with E-state index in [-0.39, 0.29) is 11.1 Å². The molecule has 1 aliphatic heterocycles. The Morgan fingerprint density at radius 1 is 1.56 bits per heavy atom. The van der Waals surface area contributed by atoms with E-state index in [0.717, 1.165) is 4.47 Å². The first-order chi connectivity index (χ1) is 7.58. The first-order valence-electron chi connectivity index (χ1n) is 4.68. The molecule has 2 atom stereocenters. The Morgan fingerprint density at radius 2 is 2.31 bits per heavy atom. The van der Waals surface area contributed by atoms with Gasteiger partial charge in [0.15, 0.2) is 0 Å². The molecule has 1 heterocycles. The van der Waals surface area contributed by atoms with Crippen molar-refractivity contribution in [2.45, 2.75) is 10.6 Å². The van der Waals surface area contributed by atoms with Gasteiger partial charge in [0.1, 0.15) is 11.0 Å². The van der Waals surface area contributed by atoms with Gasteiger partial charge in [0.05, 0.1) is 5.37 Å². The van der Waals surface area contributed by atoms with Crippen LogP contribution in [0.25, 0.3) is 0 Å². The lowest BCUT2D eigenvalue weighted by atomic mass is 10.2. The normalized spacial score (nSPS) is 24.6. The summed E-state index contributed by atoms with van der Waals surface area (Å²) in [5.41, 5.74) is 0.711. The van der Waals surface area contributed by atoms with Gasteiger partial charge in [0, 0.05) is 16.6 Å². The van der Waals surface area contributed by atoms with Gasteiger partial charge in [-0.3, -0.25) is 10.1 Å². The number of aliphatic carboxylic acids is 1. The molecule has 1 aromatic carbocycles. The highest BCUT2D eigenvalue weighted by Gasteiger charge is 2.32. The van der Waals surface area contributed by atoms with Crippen LogP contribution in [0.5, 0.6) is 5.75 Å². The third-order valence-corrected chi connectivity index (χ3v) is 4.22. The van der Waals surface area contributed by atoms with Crippen LogP contribution in [0, 0.1) is 0 Å². The van der Waals surface area contributed by atoms with Gasteiger partial charge in [-0.1, -0.05) is 15.9 Å². The van der Waals surface area contributed by atoms with Crippen molar-refractivity contribution in [3.05, 3.63) is 28.2 Å². The predicted octanol–water partition coefficient (Wildman–Crippen LogP) is 1.94. The van der Waals surface area contributed by atoms with E-state index in [2.05, 4.69) is 21.2 Å². The van der Waals surface area contributed by atoms with Crippen LogP contribution in [-0.2, 0) is 4.79 Å². The minimum atomic E-state index is -0.825. The number of halogens is 1. The van der Waals surface area contributed by atoms with Gasteiger partial charge in [-0.05, 0) is 18.2 Å². The standard InChI is InChI=1S/C10H10BrNO3S/c11-5-1-2-7(13)6(3-5)9-12-4-8(16-9)10(14)15/h1-3,8-9,12-13H,4H2,(H,14,15)/t8-,9+/m1/s1. The van der Waals surface area contributed by atoms with E-state index in [0.29, 0.717) is 12.1 Å². The fraction of sp³-hybridized carbons (Fsp3) is 0.300. The van der Waals surface area contributed by atoms with Gasteiger partial charge >= 0.3 is 5.97 Å². The molecule has 0 aliphatic carbocycles. The lowest BCUT2D eigenvalue weighted by molar-refractivity contribution is -0.136. The molecule has 1 fully saturated rings. The average Bonchev–Trinajstić information content (AvgIpc) is 2.70. The molecule has 2 rings (SSSR count). The van der Waals surface area contributed by atoms with E-state index in [9.17, 15) is 9.90 Å². The van der Waals surface area contributed by atoms with Crippen molar-refractivity contribution in [3.8, 4) is 5.75 Å². The molecule has 6 heteroatoms. The molecule has 1 aromatic rings. The summed E-state index contributed by atoms with van der Waals surface area (Å²) < 4.78 is 0.862. The van der Waals surface area contributed by atoms with Gasteiger partial charge in [0.25, 0.3) is 0 Å². The summed E-state index contributed by atoms with van der Waals surface area (Å²) in [7, 11) is 0. The molecule has 0 radical (unpaired) electrons. The lowest BCUT2D eigenvalue weighted by Gasteiger charge is -2.12. The summed E-state index contributed by atoms with van der Waals surface area (Å²) in [6.07, 6.45) is 0. The fourth-order valence-electron chi connectivity index (χ4n) is 1.54. The number of aromatic hydroxyl groups is 1. The molecule has 0 spiro atoms. The number of hydrogen-bond donors (Lipinski definition) is 3. The maximum Gasteiger partial charge on any atom is 0.318 e. The zero-order valence-corrected chi connectivity index (χ0v) is 10.6. The summed E-state index contributed by atoms with van der Waals surface area (Å²) in [6, 6.07) is 5.13. The van der Waals surface area contributed by atoms with Gasteiger partial charge in [-0.2, -0.15) is 0 Å². The summed E-state index contributed by atoms with van der Waals surface area (Å²) in [4.78, 5) is 10.8. The predicted molar refractivity (Wildman–Crippen MR) is 65.6 cm³/mol. The third-order valence-electron chi connectivity index (χ3n) is 2.34. The Morgan fingerprint density at radius 3 is 2.94 bits per heavy atom. The van der Waals surface area contributed by atoms with Crippen LogP contribution >= 0.6 is 27.7 Å². The molecule has 0 saturated carbocycles. The summed E-state index contributed by atoms with van der Waals surface area (Å²) in [5, 5.41) is 21.0. The van der Waals surface area contributed by atoms with Crippen LogP contribution in [0.4, 0.5) is 0 Å². The second-order valence-electron chi connectivity index (χ2n) is 3.45. The van der Waals surface area contributed by atoms with Crippen molar-refractivity contribution in [2.75, 3.05) is 6.54 Å². The van der Waals surface area contributed by atoms with Crippen molar-refractivity contribution in [1.29, 1.82) is 0 Å². The van der Waals surface area contributed by atoms with E-state index in [4.69, 9.17) is 5.11 Å². The number of benzene rings is 1. The molecular formula is C10H10BrNO3S. The first kappa shape index (κ1) is 11.8. The summed E-state index contributed by atoms with van der Waals surface area (Å²) >= 11 is 4.63. The Labute approximate surface area is 105 Å². The van der Waals surface area contributed by atoms with Gasteiger partial charge in [0.2, 0.25) is 0 Å². The number of hydrogen-bond acceptors (Lipinski definition) is 4. The smallest absolute Gasteiger partial charge is 0.318 e. The molecule has 16 heavy (non-hydrogen) atoms. The zero-order chi connectivity index (χ0) is 11.7. The van der Waals surface area contributed by atoms with E-state index >= 15 is 0 Å². The van der Waals surface area contributed by atoms with E-state index < -0.39 is 11.2 Å². The van der Waals surface area contributed by atoms with Gasteiger partial charge < -0.3 is 10.2 Å². The highest BCUT2D eigenvalue weighted by atomic mass is 79.9. The van der Waals surface area contributed by atoms with E-state index in [1.165, 1.54) is 11.8 Å². The number of nitrogens with one attached hydrogen (secondary N) is 1. The SMILES string of the molecule is O=C(O)[C@H]1CN[C@H](c2cc(Br)ccc2O)S1. The van der Waals surface area contributed by atoms with Crippen LogP contribution in [0.3, 0.4) is 0 Å². The second-order valence-corrected chi connectivity index (χ2v) is 5.68. The molecule has 4 nitrogen and oxygen atoms in total. The Kier molecular flexibility index (Phi) is 3.41. The minimum Gasteiger partial charge on any atom is -0.508 e. The van der Waals surface area contributed by atoms with Crippen molar-refractivity contribution in [2.24, 2.45) is 0 Å². The Bertz CT molecular complexity index is 427. The van der Waals surface area contributed by atoms with E-state index in [1.54, 1.807) is 18.2 Å². The van der Waals surface area contributed by atoms with Crippen LogP contribution in [0.2, 0.25) is 0 Å². The van der Waals surface area contributed by atoms with Crippen LogP contribution in [0.1, 0.15) is 10.9 Å². The monoisotopic (exact) mass is 303 g/mol. The molecular weight excluding hydrogens is 294 g/mol. The van der Waals surface area contributed by atoms with E-state index in [1.807, 2.05) is 0 Å². The highest BCUT2D eigenvalue weighted by molar-refractivity contribution is 9.10. The van der Waals surface area contributed by atoms with Gasteiger partial charge in [-0.25, -0.2) is 0 Å². The number of thioether (sulfide) groups is 1. The molecule has 1 aliphatic rings. The number of carboxylic acid groups (broad SMARTS) is 1. The van der Waals surface area contributed by atoms with Crippen LogP contribution in [-0.4, -0.2) is 28.0 Å². The number of carbonyl (C=O) groups is 1. The molecule has 0 aromatic heterocycles. The van der Waals surface area contributed by atoms with Crippen molar-refractivity contribution in [1.82, 2.24) is 5.32 Å².